The predicted octanol–water partition coefficient (Wildman–Crippen LogP) is 1.94. The molecule has 0 spiro atoms. The first kappa shape index (κ1) is 9.21. The Hall–Kier alpha value is -2.35. The normalized spacial score (nSPS) is 9.60. The van der Waals surface area contributed by atoms with Crippen molar-refractivity contribution in [1.82, 2.24) is 10.2 Å². The fourth-order valence-electron chi connectivity index (χ4n) is 1.16. The summed E-state index contributed by atoms with van der Waals surface area (Å²) in [6.07, 6.45) is 1.77. The van der Waals surface area contributed by atoms with Gasteiger partial charge in [-0.2, -0.15) is 5.26 Å². The van der Waals surface area contributed by atoms with Gasteiger partial charge in [0.25, 0.3) is 0 Å². The van der Waals surface area contributed by atoms with Crippen molar-refractivity contribution in [3.05, 3.63) is 30.0 Å². The second-order valence-electron chi connectivity index (χ2n) is 2.95. The van der Waals surface area contributed by atoms with E-state index < -0.39 is 0 Å². The molecule has 0 fully saturated rings. The second kappa shape index (κ2) is 3.80. The number of anilines is 1. The summed E-state index contributed by atoms with van der Waals surface area (Å²) in [5.41, 5.74) is 0.645. The molecule has 0 aliphatic carbocycles. The van der Waals surface area contributed by atoms with Crippen LogP contribution in [0.2, 0.25) is 0 Å². The zero-order valence-electron chi connectivity index (χ0n) is 8.06. The average Bonchev–Trinajstić information content (AvgIpc) is 2.67. The highest BCUT2D eigenvalue weighted by molar-refractivity contribution is 5.53. The smallest absolute Gasteiger partial charge is 0.182 e. The van der Waals surface area contributed by atoms with Gasteiger partial charge < -0.3 is 4.42 Å². The first-order valence-corrected chi connectivity index (χ1v) is 4.35. The molecule has 0 aromatic carbocycles. The van der Waals surface area contributed by atoms with E-state index >= 15 is 0 Å². The second-order valence-corrected chi connectivity index (χ2v) is 2.95. The summed E-state index contributed by atoms with van der Waals surface area (Å²) in [5, 5.41) is 18.5. The highest BCUT2D eigenvalue weighted by Gasteiger charge is 2.04. The van der Waals surface area contributed by atoms with Gasteiger partial charge in [0.15, 0.2) is 17.8 Å². The van der Waals surface area contributed by atoms with Gasteiger partial charge in [0.1, 0.15) is 11.5 Å². The Morgan fingerprint density at radius 2 is 2.13 bits per heavy atom. The van der Waals surface area contributed by atoms with E-state index in [1.54, 1.807) is 18.3 Å². The standard InChI is InChI=1S/C10H8N4O/c1-7-2-4-9(15-7)8-3-5-10(12-6-11)14-13-8/h2-5H,1H3,(H,12,14). The summed E-state index contributed by atoms with van der Waals surface area (Å²) in [7, 11) is 0. The Balaban J connectivity index is 2.28. The number of hydrogen-bond acceptors (Lipinski definition) is 5. The number of furan rings is 1. The van der Waals surface area contributed by atoms with E-state index in [1.165, 1.54) is 0 Å². The number of nitriles is 1. The van der Waals surface area contributed by atoms with Crippen LogP contribution in [-0.2, 0) is 0 Å². The lowest BCUT2D eigenvalue weighted by molar-refractivity contribution is 0.545. The Morgan fingerprint density at radius 1 is 1.27 bits per heavy atom. The first-order valence-electron chi connectivity index (χ1n) is 4.35. The summed E-state index contributed by atoms with van der Waals surface area (Å²) in [6, 6.07) is 7.10. The molecular formula is C10H8N4O. The van der Waals surface area contributed by atoms with Crippen molar-refractivity contribution in [2.24, 2.45) is 0 Å². The van der Waals surface area contributed by atoms with Crippen molar-refractivity contribution in [2.75, 3.05) is 5.32 Å². The van der Waals surface area contributed by atoms with Gasteiger partial charge in [0.2, 0.25) is 0 Å². The van der Waals surface area contributed by atoms with E-state index in [9.17, 15) is 0 Å². The summed E-state index contributed by atoms with van der Waals surface area (Å²) >= 11 is 0. The van der Waals surface area contributed by atoms with Gasteiger partial charge >= 0.3 is 0 Å². The summed E-state index contributed by atoms with van der Waals surface area (Å²) < 4.78 is 5.38. The predicted molar refractivity (Wildman–Crippen MR) is 53.7 cm³/mol. The van der Waals surface area contributed by atoms with Gasteiger partial charge in [-0.25, -0.2) is 0 Å². The third-order valence-corrected chi connectivity index (χ3v) is 1.84. The molecule has 1 N–H and O–H groups in total. The third-order valence-electron chi connectivity index (χ3n) is 1.84. The van der Waals surface area contributed by atoms with Gasteiger partial charge in [-0.05, 0) is 31.2 Å². The Bertz CT molecular complexity index is 495. The van der Waals surface area contributed by atoms with Crippen LogP contribution >= 0.6 is 0 Å². The molecule has 0 aliphatic heterocycles. The monoisotopic (exact) mass is 200 g/mol. The number of aromatic nitrogens is 2. The highest BCUT2D eigenvalue weighted by atomic mass is 16.3. The molecule has 0 saturated carbocycles. The molecule has 0 saturated heterocycles. The van der Waals surface area contributed by atoms with Crippen LogP contribution in [0.5, 0.6) is 0 Å². The van der Waals surface area contributed by atoms with Crippen molar-refractivity contribution in [3.8, 4) is 17.6 Å². The first-order chi connectivity index (χ1) is 7.29. The molecule has 5 nitrogen and oxygen atoms in total. The fraction of sp³-hybridized carbons (Fsp3) is 0.100. The average molecular weight is 200 g/mol. The molecule has 2 aromatic heterocycles. The van der Waals surface area contributed by atoms with Crippen LogP contribution in [0.15, 0.2) is 28.7 Å². The molecule has 15 heavy (non-hydrogen) atoms. The molecule has 2 rings (SSSR count). The maximum Gasteiger partial charge on any atom is 0.182 e. The number of rotatable bonds is 2. The fourth-order valence-corrected chi connectivity index (χ4v) is 1.16. The molecule has 0 aliphatic rings. The van der Waals surface area contributed by atoms with E-state index in [-0.39, 0.29) is 0 Å². The van der Waals surface area contributed by atoms with E-state index in [2.05, 4.69) is 15.5 Å². The van der Waals surface area contributed by atoms with Crippen molar-refractivity contribution in [3.63, 3.8) is 0 Å². The minimum absolute atomic E-state index is 0.421. The van der Waals surface area contributed by atoms with Crippen LogP contribution in [0.1, 0.15) is 5.76 Å². The number of hydrogen-bond donors (Lipinski definition) is 1. The Morgan fingerprint density at radius 3 is 2.67 bits per heavy atom. The van der Waals surface area contributed by atoms with Crippen LogP contribution in [-0.4, -0.2) is 10.2 Å². The quantitative estimate of drug-likeness (QED) is 0.592. The van der Waals surface area contributed by atoms with Crippen LogP contribution in [0.25, 0.3) is 11.5 Å². The summed E-state index contributed by atoms with van der Waals surface area (Å²) in [6.45, 7) is 1.86. The Labute approximate surface area is 86.4 Å². The molecule has 2 aromatic rings. The summed E-state index contributed by atoms with van der Waals surface area (Å²) in [4.78, 5) is 0. The third kappa shape index (κ3) is 1.94. The lowest BCUT2D eigenvalue weighted by Crippen LogP contribution is -1.94. The number of nitrogens with zero attached hydrogens (tertiary/aromatic N) is 3. The molecule has 5 heteroatoms. The van der Waals surface area contributed by atoms with Gasteiger partial charge in [-0.3, -0.25) is 5.32 Å². The van der Waals surface area contributed by atoms with Gasteiger partial charge in [0.05, 0.1) is 0 Å². The molecule has 0 unspecified atom stereocenters. The Kier molecular flexibility index (Phi) is 2.33. The maximum atomic E-state index is 8.36. The van der Waals surface area contributed by atoms with Crippen molar-refractivity contribution in [2.45, 2.75) is 6.92 Å². The molecule has 0 atom stereocenters. The van der Waals surface area contributed by atoms with Gasteiger partial charge in [-0.1, -0.05) is 0 Å². The van der Waals surface area contributed by atoms with E-state index in [0.29, 0.717) is 17.3 Å². The number of nitrogens with one attached hydrogen (secondary N) is 1. The van der Waals surface area contributed by atoms with Gasteiger partial charge in [0, 0.05) is 0 Å². The molecule has 0 radical (unpaired) electrons. The zero-order chi connectivity index (χ0) is 10.7. The summed E-state index contributed by atoms with van der Waals surface area (Å²) in [5.74, 6) is 1.92. The minimum atomic E-state index is 0.421. The lowest BCUT2D eigenvalue weighted by Gasteiger charge is -1.96. The van der Waals surface area contributed by atoms with E-state index in [1.807, 2.05) is 19.1 Å². The largest absolute Gasteiger partial charge is 0.460 e. The van der Waals surface area contributed by atoms with Crippen LogP contribution < -0.4 is 5.32 Å². The van der Waals surface area contributed by atoms with Gasteiger partial charge in [-0.15, -0.1) is 10.2 Å². The molecule has 74 valence electrons. The van der Waals surface area contributed by atoms with Crippen molar-refractivity contribution < 1.29 is 4.42 Å². The molecular weight excluding hydrogens is 192 g/mol. The maximum absolute atomic E-state index is 8.36. The minimum Gasteiger partial charge on any atom is -0.460 e. The SMILES string of the molecule is Cc1ccc(-c2ccc(NC#N)nn2)o1. The number of aryl methyl sites for hydroxylation is 1. The highest BCUT2D eigenvalue weighted by Crippen LogP contribution is 2.19. The zero-order valence-corrected chi connectivity index (χ0v) is 8.06. The molecule has 0 amide bonds. The van der Waals surface area contributed by atoms with Crippen molar-refractivity contribution >= 4 is 5.82 Å². The van der Waals surface area contributed by atoms with Crippen LogP contribution in [0, 0.1) is 18.4 Å². The van der Waals surface area contributed by atoms with Crippen LogP contribution in [0.3, 0.4) is 0 Å². The van der Waals surface area contributed by atoms with E-state index in [4.69, 9.17) is 9.68 Å². The van der Waals surface area contributed by atoms with Crippen LogP contribution in [0.4, 0.5) is 5.82 Å². The van der Waals surface area contributed by atoms with E-state index in [0.717, 1.165) is 5.76 Å². The topological polar surface area (TPSA) is 74.7 Å². The molecule has 2 heterocycles. The van der Waals surface area contributed by atoms with Crippen molar-refractivity contribution in [1.29, 1.82) is 5.26 Å². The lowest BCUT2D eigenvalue weighted by atomic mass is 10.3. The molecule has 0 bridgehead atoms.